The van der Waals surface area contributed by atoms with Crippen LogP contribution in [0, 0.1) is 39.4 Å². The van der Waals surface area contributed by atoms with Gasteiger partial charge in [0, 0.05) is 32.1 Å². The van der Waals surface area contributed by atoms with E-state index >= 15 is 0 Å². The van der Waals surface area contributed by atoms with Gasteiger partial charge in [-0.15, -0.1) is 0 Å². The van der Waals surface area contributed by atoms with E-state index in [1.54, 1.807) is 7.11 Å². The Kier molecular flexibility index (Phi) is 6.82. The van der Waals surface area contributed by atoms with Crippen LogP contribution in [0.4, 0.5) is 0 Å². The van der Waals surface area contributed by atoms with Gasteiger partial charge in [0.05, 0.1) is 11.7 Å². The van der Waals surface area contributed by atoms with Crippen LogP contribution in [-0.2, 0) is 28.6 Å². The van der Waals surface area contributed by atoms with Crippen LogP contribution in [0.2, 0.25) is 0 Å². The lowest BCUT2D eigenvalue weighted by Crippen LogP contribution is -2.67. The van der Waals surface area contributed by atoms with E-state index in [4.69, 9.17) is 14.2 Å². The first-order valence-electron chi connectivity index (χ1n) is 14.7. The maximum absolute atomic E-state index is 13.8. The van der Waals surface area contributed by atoms with Crippen molar-refractivity contribution >= 4 is 17.8 Å². The summed E-state index contributed by atoms with van der Waals surface area (Å²) in [4.78, 5) is 39.5. The fraction of sp³-hybridized carbons (Fsp3) is 0.839. The molecule has 218 valence electrons. The first-order valence-corrected chi connectivity index (χ1v) is 14.7. The molecule has 0 saturated heterocycles. The number of esters is 1. The Balaban J connectivity index is 1.69. The number of ether oxygens (including phenoxy) is 3. The first-order chi connectivity index (χ1) is 18.2. The second-order valence-electron chi connectivity index (χ2n) is 14.4. The molecule has 0 spiro atoms. The molecule has 1 amide bonds. The normalized spacial score (nSPS) is 44.7. The summed E-state index contributed by atoms with van der Waals surface area (Å²) in [5.41, 5.74) is 0.857. The molecule has 0 unspecified atom stereocenters. The van der Waals surface area contributed by atoms with Crippen LogP contribution in [0.1, 0.15) is 86.5 Å². The minimum absolute atomic E-state index is 0.0647. The molecule has 3 saturated carbocycles. The van der Waals surface area contributed by atoms with Crippen LogP contribution in [0.5, 0.6) is 0 Å². The number of nitrogens with zero attached hydrogens (tertiary/aromatic N) is 1. The third-order valence-electron chi connectivity index (χ3n) is 12.3. The highest BCUT2D eigenvalue weighted by atomic mass is 16.5. The fourth-order valence-electron chi connectivity index (χ4n) is 10.9. The summed E-state index contributed by atoms with van der Waals surface area (Å²) < 4.78 is 18.2. The molecular formula is C31H47NO7. The third-order valence-corrected chi connectivity index (χ3v) is 12.3. The molecular weight excluding hydrogens is 498 g/mol. The Hall–Kier alpha value is -1.93. The van der Waals surface area contributed by atoms with E-state index in [1.165, 1.54) is 38.2 Å². The molecule has 39 heavy (non-hydrogen) atoms. The lowest BCUT2D eigenvalue weighted by molar-refractivity contribution is -0.232. The van der Waals surface area contributed by atoms with Crippen molar-refractivity contribution in [2.24, 2.45) is 39.4 Å². The number of amides is 1. The number of carboxylic acid groups (broad SMARTS) is 1. The van der Waals surface area contributed by atoms with Crippen molar-refractivity contribution in [1.29, 1.82) is 0 Å². The van der Waals surface area contributed by atoms with Gasteiger partial charge in [-0.05, 0) is 72.5 Å². The average Bonchev–Trinajstić information content (AvgIpc) is 3.11. The van der Waals surface area contributed by atoms with E-state index in [9.17, 15) is 19.5 Å². The second-order valence-corrected chi connectivity index (χ2v) is 14.4. The van der Waals surface area contributed by atoms with Gasteiger partial charge in [0.15, 0.2) is 6.23 Å². The molecule has 0 bridgehead atoms. The van der Waals surface area contributed by atoms with Crippen molar-refractivity contribution < 1.29 is 33.7 Å². The number of rotatable bonds is 5. The predicted octanol–water partition coefficient (Wildman–Crippen LogP) is 4.81. The minimum atomic E-state index is -1.10. The van der Waals surface area contributed by atoms with Crippen LogP contribution in [-0.4, -0.2) is 67.1 Å². The molecule has 0 aromatic heterocycles. The molecule has 5 aliphatic rings. The summed E-state index contributed by atoms with van der Waals surface area (Å²) in [6.07, 6.45) is 5.44. The van der Waals surface area contributed by atoms with Gasteiger partial charge < -0.3 is 19.3 Å². The highest BCUT2D eigenvalue weighted by molar-refractivity contribution is 6.00. The van der Waals surface area contributed by atoms with Crippen LogP contribution >= 0.6 is 0 Å². The molecule has 3 fully saturated rings. The number of carbonyl (C=O) groups is 3. The Morgan fingerprint density at radius 2 is 1.62 bits per heavy atom. The molecule has 1 N–H and O–H groups in total. The highest BCUT2D eigenvalue weighted by Crippen LogP contribution is 2.74. The maximum Gasteiger partial charge on any atom is 0.323 e. The number of hydrogen-bond donors (Lipinski definition) is 1. The van der Waals surface area contributed by atoms with Gasteiger partial charge in [-0.25, -0.2) is 0 Å². The fourth-order valence-corrected chi connectivity index (χ4v) is 10.9. The van der Waals surface area contributed by atoms with E-state index in [1.807, 2.05) is 0 Å². The van der Waals surface area contributed by atoms with E-state index in [0.29, 0.717) is 23.8 Å². The summed E-state index contributed by atoms with van der Waals surface area (Å²) in [6, 6.07) is 0. The standard InChI is InChI=1S/C31H47NO7/c1-17(33)39-22-15-20-29(4)12-9-11-28(2,3)19(29)10-13-30(20,5)21-14-18(37-7)24-25(31(21,22)6)27(38-8)32(26(24)36)16-23(34)35/h18-22,27H,9-16H2,1-8H3,(H,34,35)/t18-,19+,20-,21+,22-,27+,29+,30-,31-/m1/s1. The number of hydrogen-bond acceptors (Lipinski definition) is 6. The monoisotopic (exact) mass is 545 g/mol. The zero-order valence-electron chi connectivity index (χ0n) is 25.0. The Labute approximate surface area is 232 Å². The largest absolute Gasteiger partial charge is 0.480 e. The Morgan fingerprint density at radius 3 is 2.21 bits per heavy atom. The Bertz CT molecular complexity index is 1100. The quantitative estimate of drug-likeness (QED) is 0.495. The highest BCUT2D eigenvalue weighted by Gasteiger charge is 2.71. The van der Waals surface area contributed by atoms with Crippen molar-refractivity contribution in [3.8, 4) is 0 Å². The lowest BCUT2D eigenvalue weighted by atomic mass is 9.35. The van der Waals surface area contributed by atoms with Crippen molar-refractivity contribution in [3.63, 3.8) is 0 Å². The summed E-state index contributed by atoms with van der Waals surface area (Å²) >= 11 is 0. The molecule has 8 nitrogen and oxygen atoms in total. The van der Waals surface area contributed by atoms with E-state index in [2.05, 4.69) is 34.6 Å². The van der Waals surface area contributed by atoms with E-state index < -0.39 is 36.4 Å². The molecule has 5 rings (SSSR count). The Morgan fingerprint density at radius 1 is 0.949 bits per heavy atom. The van der Waals surface area contributed by atoms with E-state index in [-0.39, 0.29) is 34.0 Å². The van der Waals surface area contributed by atoms with Gasteiger partial charge in [0.2, 0.25) is 0 Å². The molecule has 0 aromatic carbocycles. The van der Waals surface area contributed by atoms with Crippen LogP contribution in [0.15, 0.2) is 11.1 Å². The van der Waals surface area contributed by atoms with Crippen molar-refractivity contribution in [3.05, 3.63) is 11.1 Å². The summed E-state index contributed by atoms with van der Waals surface area (Å²) in [6.45, 7) is 12.9. The van der Waals surface area contributed by atoms with Crippen molar-refractivity contribution in [2.75, 3.05) is 20.8 Å². The maximum atomic E-state index is 13.8. The molecule has 0 aromatic rings. The van der Waals surface area contributed by atoms with Gasteiger partial charge in [-0.3, -0.25) is 19.3 Å². The van der Waals surface area contributed by atoms with Crippen LogP contribution in [0.25, 0.3) is 0 Å². The third kappa shape index (κ3) is 3.87. The first kappa shape index (κ1) is 28.6. The lowest BCUT2D eigenvalue weighted by Gasteiger charge is -2.70. The van der Waals surface area contributed by atoms with Crippen LogP contribution < -0.4 is 0 Å². The summed E-state index contributed by atoms with van der Waals surface area (Å²) in [5.74, 6) is -0.777. The molecule has 9 atom stereocenters. The summed E-state index contributed by atoms with van der Waals surface area (Å²) in [5, 5.41) is 9.64. The SMILES string of the molecule is CO[C@@H]1C[C@H]2[C@]3(C)CC[C@H]4C(C)(C)CCC[C@]4(C)[C@H]3C[C@@H](OC(C)=O)[C@]2(C)C2=C1C(=O)N(CC(=O)O)[C@H]2OC. The number of carboxylic acids is 1. The molecule has 0 radical (unpaired) electrons. The number of carbonyl (C=O) groups excluding carboxylic acids is 2. The number of fused-ring (bicyclic) bond motifs is 6. The predicted molar refractivity (Wildman–Crippen MR) is 144 cm³/mol. The summed E-state index contributed by atoms with van der Waals surface area (Å²) in [7, 11) is 3.14. The van der Waals surface area contributed by atoms with Gasteiger partial charge in [0.1, 0.15) is 12.6 Å². The number of methoxy groups -OCH3 is 2. The van der Waals surface area contributed by atoms with Crippen LogP contribution in [0.3, 0.4) is 0 Å². The zero-order valence-corrected chi connectivity index (χ0v) is 25.0. The van der Waals surface area contributed by atoms with Crippen molar-refractivity contribution in [1.82, 2.24) is 4.90 Å². The molecule has 1 aliphatic heterocycles. The average molecular weight is 546 g/mol. The molecule has 8 heteroatoms. The molecule has 1 heterocycles. The topological polar surface area (TPSA) is 102 Å². The van der Waals surface area contributed by atoms with Gasteiger partial charge in [0.25, 0.3) is 5.91 Å². The number of aliphatic carboxylic acids is 1. The minimum Gasteiger partial charge on any atom is -0.480 e. The van der Waals surface area contributed by atoms with Gasteiger partial charge in [-0.2, -0.15) is 0 Å². The molecule has 4 aliphatic carbocycles. The smallest absolute Gasteiger partial charge is 0.323 e. The van der Waals surface area contributed by atoms with E-state index in [0.717, 1.165) is 24.8 Å². The van der Waals surface area contributed by atoms with Gasteiger partial charge in [-0.1, -0.05) is 41.0 Å². The van der Waals surface area contributed by atoms with Crippen molar-refractivity contribution in [2.45, 2.75) is 105 Å². The second kappa shape index (κ2) is 9.30. The van der Waals surface area contributed by atoms with Gasteiger partial charge >= 0.3 is 11.9 Å². The zero-order chi connectivity index (χ0) is 28.7.